The number of halogens is 1. The van der Waals surface area contributed by atoms with Gasteiger partial charge in [0.2, 0.25) is 0 Å². The van der Waals surface area contributed by atoms with Gasteiger partial charge in [-0.1, -0.05) is 12.1 Å². The van der Waals surface area contributed by atoms with E-state index in [1.165, 1.54) is 0 Å². The van der Waals surface area contributed by atoms with E-state index in [0.29, 0.717) is 19.1 Å². The summed E-state index contributed by atoms with van der Waals surface area (Å²) >= 11 is 5.72. The highest BCUT2D eigenvalue weighted by atomic mass is 35.5. The molecule has 0 saturated carbocycles. The molecule has 3 heteroatoms. The highest BCUT2D eigenvalue weighted by molar-refractivity contribution is 6.17. The van der Waals surface area contributed by atoms with Gasteiger partial charge < -0.3 is 9.47 Å². The summed E-state index contributed by atoms with van der Waals surface area (Å²) in [7, 11) is 0. The quantitative estimate of drug-likeness (QED) is 0.550. The van der Waals surface area contributed by atoms with Crippen LogP contribution in [0.4, 0.5) is 0 Å². The van der Waals surface area contributed by atoms with E-state index < -0.39 is 0 Å². The molecule has 0 unspecified atom stereocenters. The highest BCUT2D eigenvalue weighted by Gasteiger charge is 1.97. The second kappa shape index (κ2) is 6.70. The second-order valence-electron chi connectivity index (χ2n) is 3.55. The highest BCUT2D eigenvalue weighted by Crippen LogP contribution is 2.14. The van der Waals surface area contributed by atoms with Crippen molar-refractivity contribution in [3.05, 3.63) is 29.8 Å². The van der Waals surface area contributed by atoms with Crippen LogP contribution in [-0.4, -0.2) is 19.3 Å². The maximum atomic E-state index is 5.72. The van der Waals surface area contributed by atoms with Crippen LogP contribution in [0.2, 0.25) is 0 Å². The monoisotopic (exact) mass is 228 g/mol. The van der Waals surface area contributed by atoms with E-state index in [9.17, 15) is 0 Å². The second-order valence-corrected chi connectivity index (χ2v) is 3.82. The molecule has 0 bridgehead atoms. The summed E-state index contributed by atoms with van der Waals surface area (Å²) in [5.74, 6) is 1.36. The lowest BCUT2D eigenvalue weighted by molar-refractivity contribution is 0.0552. The third-order valence-corrected chi connectivity index (χ3v) is 2.16. The molecule has 0 radical (unpaired) electrons. The van der Waals surface area contributed by atoms with Gasteiger partial charge in [0.15, 0.2) is 0 Å². The molecule has 0 aliphatic rings. The van der Waals surface area contributed by atoms with Crippen LogP contribution in [0.5, 0.6) is 5.75 Å². The van der Waals surface area contributed by atoms with Gasteiger partial charge in [-0.15, -0.1) is 11.6 Å². The molecule has 1 aromatic rings. The molecule has 0 saturated heterocycles. The Hall–Kier alpha value is -0.730. The lowest BCUT2D eigenvalue weighted by Crippen LogP contribution is -2.11. The van der Waals surface area contributed by atoms with Crippen molar-refractivity contribution in [3.8, 4) is 5.75 Å². The summed E-state index contributed by atoms with van der Waals surface area (Å²) in [5.41, 5.74) is 1.07. The Morgan fingerprint density at radius 1 is 1.27 bits per heavy atom. The van der Waals surface area contributed by atoms with Gasteiger partial charge in [-0.3, -0.25) is 0 Å². The molecule has 1 aromatic carbocycles. The summed E-state index contributed by atoms with van der Waals surface area (Å²) in [5, 5.41) is 0. The van der Waals surface area contributed by atoms with E-state index in [0.717, 1.165) is 11.3 Å². The Morgan fingerprint density at radius 2 is 2.07 bits per heavy atom. The molecule has 0 aliphatic heterocycles. The zero-order valence-corrected chi connectivity index (χ0v) is 9.96. The third-order valence-electron chi connectivity index (χ3n) is 1.86. The summed E-state index contributed by atoms with van der Waals surface area (Å²) in [6.07, 6.45) is 0.253. The molecular weight excluding hydrogens is 212 g/mol. The maximum Gasteiger partial charge on any atom is 0.119 e. The van der Waals surface area contributed by atoms with Crippen LogP contribution in [0.25, 0.3) is 0 Å². The van der Waals surface area contributed by atoms with Crippen LogP contribution in [0.3, 0.4) is 0 Å². The van der Waals surface area contributed by atoms with Crippen molar-refractivity contribution in [1.82, 2.24) is 0 Å². The number of alkyl halides is 1. The molecule has 84 valence electrons. The van der Waals surface area contributed by atoms with E-state index >= 15 is 0 Å². The SMILES string of the molecule is CC(C)OCCOc1cccc(CCl)c1. The van der Waals surface area contributed by atoms with Crippen molar-refractivity contribution in [2.75, 3.05) is 13.2 Å². The maximum absolute atomic E-state index is 5.72. The fraction of sp³-hybridized carbons (Fsp3) is 0.500. The molecule has 0 atom stereocenters. The lowest BCUT2D eigenvalue weighted by atomic mass is 10.2. The molecule has 2 nitrogen and oxygen atoms in total. The van der Waals surface area contributed by atoms with Gasteiger partial charge in [-0.2, -0.15) is 0 Å². The zero-order chi connectivity index (χ0) is 11.1. The molecule has 0 aromatic heterocycles. The fourth-order valence-corrected chi connectivity index (χ4v) is 1.33. The molecule has 0 N–H and O–H groups in total. The minimum Gasteiger partial charge on any atom is -0.491 e. The van der Waals surface area contributed by atoms with Crippen LogP contribution in [0.1, 0.15) is 19.4 Å². The molecular formula is C12H17ClO2. The van der Waals surface area contributed by atoms with Gasteiger partial charge in [-0.25, -0.2) is 0 Å². The Morgan fingerprint density at radius 3 is 2.73 bits per heavy atom. The predicted octanol–water partition coefficient (Wildman–Crippen LogP) is 3.23. The molecule has 0 heterocycles. The lowest BCUT2D eigenvalue weighted by Gasteiger charge is -2.09. The van der Waals surface area contributed by atoms with Crippen molar-refractivity contribution < 1.29 is 9.47 Å². The van der Waals surface area contributed by atoms with Crippen molar-refractivity contribution in [2.24, 2.45) is 0 Å². The van der Waals surface area contributed by atoms with Gasteiger partial charge in [0.05, 0.1) is 12.7 Å². The van der Waals surface area contributed by atoms with Crippen LogP contribution in [-0.2, 0) is 10.6 Å². The van der Waals surface area contributed by atoms with Gasteiger partial charge >= 0.3 is 0 Å². The summed E-state index contributed by atoms with van der Waals surface area (Å²) in [6, 6.07) is 7.79. The molecule has 15 heavy (non-hydrogen) atoms. The number of hydrogen-bond acceptors (Lipinski definition) is 2. The molecule has 0 spiro atoms. The first-order valence-corrected chi connectivity index (χ1v) is 5.65. The summed E-state index contributed by atoms with van der Waals surface area (Å²) in [4.78, 5) is 0. The normalized spacial score (nSPS) is 10.7. The standard InChI is InChI=1S/C12H17ClO2/c1-10(2)14-6-7-15-12-5-3-4-11(8-12)9-13/h3-5,8,10H,6-7,9H2,1-2H3. The van der Waals surface area contributed by atoms with Crippen LogP contribution in [0, 0.1) is 0 Å². The average molecular weight is 229 g/mol. The first-order chi connectivity index (χ1) is 7.22. The summed E-state index contributed by atoms with van der Waals surface area (Å²) in [6.45, 7) is 5.20. The van der Waals surface area contributed by atoms with Crippen LogP contribution in [0.15, 0.2) is 24.3 Å². The van der Waals surface area contributed by atoms with Gasteiger partial charge in [0.1, 0.15) is 12.4 Å². The van der Waals surface area contributed by atoms with Crippen LogP contribution < -0.4 is 4.74 Å². The third kappa shape index (κ3) is 5.05. The number of benzene rings is 1. The van der Waals surface area contributed by atoms with Crippen LogP contribution >= 0.6 is 11.6 Å². The molecule has 0 amide bonds. The molecule has 0 aliphatic carbocycles. The van der Waals surface area contributed by atoms with Crippen molar-refractivity contribution in [3.63, 3.8) is 0 Å². The van der Waals surface area contributed by atoms with E-state index in [2.05, 4.69) is 0 Å². The molecule has 1 rings (SSSR count). The predicted molar refractivity (Wildman–Crippen MR) is 62.6 cm³/mol. The van der Waals surface area contributed by atoms with Crippen molar-refractivity contribution >= 4 is 11.6 Å². The van der Waals surface area contributed by atoms with E-state index in [1.807, 2.05) is 38.1 Å². The van der Waals surface area contributed by atoms with E-state index in [1.54, 1.807) is 0 Å². The van der Waals surface area contributed by atoms with E-state index in [4.69, 9.17) is 21.1 Å². The minimum absolute atomic E-state index is 0.253. The fourth-order valence-electron chi connectivity index (χ4n) is 1.16. The first-order valence-electron chi connectivity index (χ1n) is 5.11. The smallest absolute Gasteiger partial charge is 0.119 e. The molecule has 0 fully saturated rings. The van der Waals surface area contributed by atoms with Gasteiger partial charge in [-0.05, 0) is 31.5 Å². The Balaban J connectivity index is 2.30. The zero-order valence-electron chi connectivity index (χ0n) is 9.20. The number of ether oxygens (including phenoxy) is 2. The average Bonchev–Trinajstić information content (AvgIpc) is 2.24. The van der Waals surface area contributed by atoms with Crippen molar-refractivity contribution in [1.29, 1.82) is 0 Å². The minimum atomic E-state index is 0.253. The van der Waals surface area contributed by atoms with Crippen molar-refractivity contribution in [2.45, 2.75) is 25.8 Å². The largest absolute Gasteiger partial charge is 0.491 e. The van der Waals surface area contributed by atoms with Gasteiger partial charge in [0.25, 0.3) is 0 Å². The summed E-state index contributed by atoms with van der Waals surface area (Å²) < 4.78 is 10.9. The van der Waals surface area contributed by atoms with E-state index in [-0.39, 0.29) is 6.10 Å². The Bertz CT molecular complexity index is 287. The topological polar surface area (TPSA) is 18.5 Å². The Labute approximate surface area is 96.2 Å². The number of rotatable bonds is 6. The Kier molecular flexibility index (Phi) is 5.51. The number of hydrogen-bond donors (Lipinski definition) is 0. The van der Waals surface area contributed by atoms with Gasteiger partial charge in [0, 0.05) is 5.88 Å². The first kappa shape index (κ1) is 12.3.